The van der Waals surface area contributed by atoms with E-state index < -0.39 is 0 Å². The van der Waals surface area contributed by atoms with Crippen LogP contribution in [0.4, 0.5) is 11.4 Å². The highest BCUT2D eigenvalue weighted by Crippen LogP contribution is 2.28. The molecule has 0 atom stereocenters. The molecule has 1 aliphatic carbocycles. The minimum atomic E-state index is 0.778. The molecule has 1 fully saturated rings. The molecule has 2 rings (SSSR count). The van der Waals surface area contributed by atoms with Gasteiger partial charge in [-0.05, 0) is 43.4 Å². The second-order valence-corrected chi connectivity index (χ2v) is 5.00. The summed E-state index contributed by atoms with van der Waals surface area (Å²) in [5.74, 6) is 0.837. The van der Waals surface area contributed by atoms with Gasteiger partial charge in [0.15, 0.2) is 0 Å². The normalized spacial score (nSPS) is 14.9. The summed E-state index contributed by atoms with van der Waals surface area (Å²) in [5, 5.41) is 0. The van der Waals surface area contributed by atoms with Crippen LogP contribution in [-0.4, -0.2) is 26.8 Å². The van der Waals surface area contributed by atoms with Crippen molar-refractivity contribution >= 4 is 11.4 Å². The minimum Gasteiger partial charge on any atom is -0.397 e. The van der Waals surface area contributed by atoms with Gasteiger partial charge in [0, 0.05) is 20.2 Å². The summed E-state index contributed by atoms with van der Waals surface area (Å²) < 4.78 is 5.64. The zero-order valence-electron chi connectivity index (χ0n) is 10.8. The van der Waals surface area contributed by atoms with Crippen LogP contribution in [0.15, 0.2) is 18.2 Å². The lowest BCUT2D eigenvalue weighted by atomic mass is 10.2. The highest BCUT2D eigenvalue weighted by Gasteiger charge is 2.21. The second kappa shape index (κ2) is 5.41. The SMILES string of the molecule is Cc1ccc(N)c(N(C)CCOCC2CC2)c1. The molecule has 2 N–H and O–H groups in total. The van der Waals surface area contributed by atoms with Crippen molar-refractivity contribution in [1.82, 2.24) is 0 Å². The Morgan fingerprint density at radius 1 is 1.41 bits per heavy atom. The number of nitrogens with zero attached hydrogens (tertiary/aromatic N) is 1. The van der Waals surface area contributed by atoms with Crippen LogP contribution in [0.5, 0.6) is 0 Å². The van der Waals surface area contributed by atoms with Gasteiger partial charge in [-0.3, -0.25) is 0 Å². The van der Waals surface area contributed by atoms with Gasteiger partial charge >= 0.3 is 0 Å². The Bertz CT molecular complexity index is 374. The Balaban J connectivity index is 1.80. The molecule has 0 spiro atoms. The van der Waals surface area contributed by atoms with E-state index in [-0.39, 0.29) is 0 Å². The van der Waals surface area contributed by atoms with Crippen LogP contribution < -0.4 is 10.6 Å². The maximum Gasteiger partial charge on any atom is 0.0641 e. The number of benzene rings is 1. The predicted molar refractivity (Wildman–Crippen MR) is 72.4 cm³/mol. The molecule has 1 saturated carbocycles. The van der Waals surface area contributed by atoms with Gasteiger partial charge in [-0.25, -0.2) is 0 Å². The standard InChI is InChI=1S/C14H22N2O/c1-11-3-6-13(15)14(9-11)16(2)7-8-17-10-12-4-5-12/h3,6,9,12H,4-5,7-8,10,15H2,1-2H3. The van der Waals surface area contributed by atoms with Gasteiger partial charge in [-0.15, -0.1) is 0 Å². The summed E-state index contributed by atoms with van der Waals surface area (Å²) in [4.78, 5) is 2.16. The molecule has 0 amide bonds. The van der Waals surface area contributed by atoms with Crippen molar-refractivity contribution in [1.29, 1.82) is 0 Å². The van der Waals surface area contributed by atoms with E-state index in [1.54, 1.807) is 0 Å². The fourth-order valence-corrected chi connectivity index (χ4v) is 1.84. The smallest absolute Gasteiger partial charge is 0.0641 e. The van der Waals surface area contributed by atoms with Crippen molar-refractivity contribution in [3.05, 3.63) is 23.8 Å². The summed E-state index contributed by atoms with van der Waals surface area (Å²) in [6.07, 6.45) is 2.70. The Hall–Kier alpha value is -1.22. The molecule has 1 aliphatic rings. The number of nitrogens with two attached hydrogens (primary N) is 1. The van der Waals surface area contributed by atoms with E-state index in [4.69, 9.17) is 10.5 Å². The van der Waals surface area contributed by atoms with Gasteiger partial charge in [0.25, 0.3) is 0 Å². The molecule has 3 nitrogen and oxygen atoms in total. The molecule has 0 aromatic heterocycles. The molecule has 0 saturated heterocycles. The molecule has 0 unspecified atom stereocenters. The van der Waals surface area contributed by atoms with E-state index in [0.29, 0.717) is 0 Å². The largest absolute Gasteiger partial charge is 0.397 e. The lowest BCUT2D eigenvalue weighted by Gasteiger charge is -2.21. The summed E-state index contributed by atoms with van der Waals surface area (Å²) in [6, 6.07) is 6.12. The number of ether oxygens (including phenoxy) is 1. The third kappa shape index (κ3) is 3.63. The first kappa shape index (κ1) is 12.2. The van der Waals surface area contributed by atoms with Crippen molar-refractivity contribution in [3.63, 3.8) is 0 Å². The van der Waals surface area contributed by atoms with Crippen LogP contribution in [0.25, 0.3) is 0 Å². The molecule has 1 aromatic carbocycles. The number of anilines is 2. The topological polar surface area (TPSA) is 38.5 Å². The Morgan fingerprint density at radius 2 is 2.18 bits per heavy atom. The number of aryl methyl sites for hydroxylation is 1. The predicted octanol–water partition coefficient (Wildman–Crippen LogP) is 2.44. The zero-order valence-corrected chi connectivity index (χ0v) is 10.8. The van der Waals surface area contributed by atoms with Gasteiger partial charge in [0.1, 0.15) is 0 Å². The van der Waals surface area contributed by atoms with E-state index in [9.17, 15) is 0 Å². The number of nitrogen functional groups attached to an aromatic ring is 1. The third-order valence-corrected chi connectivity index (χ3v) is 3.22. The first-order valence-corrected chi connectivity index (χ1v) is 6.32. The summed E-state index contributed by atoms with van der Waals surface area (Å²) in [6.45, 7) is 4.68. The summed E-state index contributed by atoms with van der Waals surface area (Å²) in [5.41, 5.74) is 9.14. The van der Waals surface area contributed by atoms with Crippen LogP contribution in [-0.2, 0) is 4.74 Å². The first-order chi connectivity index (χ1) is 8.16. The molecule has 3 heteroatoms. The Kier molecular flexibility index (Phi) is 3.89. The molecule has 0 radical (unpaired) electrons. The quantitative estimate of drug-likeness (QED) is 0.607. The Labute approximate surface area is 104 Å². The van der Waals surface area contributed by atoms with Crippen molar-refractivity contribution in [2.45, 2.75) is 19.8 Å². The maximum atomic E-state index is 5.97. The second-order valence-electron chi connectivity index (χ2n) is 5.00. The van der Waals surface area contributed by atoms with Crippen molar-refractivity contribution in [2.24, 2.45) is 5.92 Å². The van der Waals surface area contributed by atoms with E-state index in [0.717, 1.165) is 37.1 Å². The molecular weight excluding hydrogens is 212 g/mol. The van der Waals surface area contributed by atoms with E-state index in [1.807, 2.05) is 12.1 Å². The molecule has 17 heavy (non-hydrogen) atoms. The molecule has 1 aromatic rings. The van der Waals surface area contributed by atoms with Crippen molar-refractivity contribution < 1.29 is 4.74 Å². The van der Waals surface area contributed by atoms with Crippen LogP contribution >= 0.6 is 0 Å². The number of likely N-dealkylation sites (N-methyl/N-ethyl adjacent to an activating group) is 1. The number of hydrogen-bond donors (Lipinski definition) is 1. The molecular formula is C14H22N2O. The van der Waals surface area contributed by atoms with Crippen molar-refractivity contribution in [2.75, 3.05) is 37.4 Å². The van der Waals surface area contributed by atoms with Gasteiger partial charge in [-0.2, -0.15) is 0 Å². The van der Waals surface area contributed by atoms with E-state index in [2.05, 4.69) is 24.9 Å². The number of hydrogen-bond acceptors (Lipinski definition) is 3. The highest BCUT2D eigenvalue weighted by atomic mass is 16.5. The van der Waals surface area contributed by atoms with Gasteiger partial charge < -0.3 is 15.4 Å². The van der Waals surface area contributed by atoms with Crippen LogP contribution in [0.1, 0.15) is 18.4 Å². The molecule has 0 heterocycles. The average molecular weight is 234 g/mol. The Morgan fingerprint density at radius 3 is 2.88 bits per heavy atom. The maximum absolute atomic E-state index is 5.97. The first-order valence-electron chi connectivity index (χ1n) is 6.32. The third-order valence-electron chi connectivity index (χ3n) is 3.22. The summed E-state index contributed by atoms with van der Waals surface area (Å²) in [7, 11) is 2.06. The van der Waals surface area contributed by atoms with E-state index >= 15 is 0 Å². The molecule has 94 valence electrons. The molecule has 0 bridgehead atoms. The van der Waals surface area contributed by atoms with Gasteiger partial charge in [-0.1, -0.05) is 6.07 Å². The highest BCUT2D eigenvalue weighted by molar-refractivity contribution is 5.68. The van der Waals surface area contributed by atoms with Gasteiger partial charge in [0.05, 0.1) is 18.0 Å². The van der Waals surface area contributed by atoms with Crippen LogP contribution in [0.2, 0.25) is 0 Å². The van der Waals surface area contributed by atoms with Crippen LogP contribution in [0, 0.1) is 12.8 Å². The zero-order chi connectivity index (χ0) is 12.3. The lowest BCUT2D eigenvalue weighted by molar-refractivity contribution is 0.131. The molecule has 0 aliphatic heterocycles. The fourth-order valence-electron chi connectivity index (χ4n) is 1.84. The van der Waals surface area contributed by atoms with Gasteiger partial charge in [0.2, 0.25) is 0 Å². The monoisotopic (exact) mass is 234 g/mol. The fraction of sp³-hybridized carbons (Fsp3) is 0.571. The lowest BCUT2D eigenvalue weighted by Crippen LogP contribution is -2.23. The minimum absolute atomic E-state index is 0.778. The van der Waals surface area contributed by atoms with Crippen molar-refractivity contribution in [3.8, 4) is 0 Å². The number of rotatable bonds is 6. The van der Waals surface area contributed by atoms with E-state index in [1.165, 1.54) is 18.4 Å². The average Bonchev–Trinajstić information content (AvgIpc) is 3.11. The van der Waals surface area contributed by atoms with Crippen LogP contribution in [0.3, 0.4) is 0 Å². The summed E-state index contributed by atoms with van der Waals surface area (Å²) >= 11 is 0.